The quantitative estimate of drug-likeness (QED) is 0.777. The lowest BCUT2D eigenvalue weighted by Crippen LogP contribution is -2.27. The van der Waals surface area contributed by atoms with Gasteiger partial charge in [0.1, 0.15) is 0 Å². The molecule has 0 aromatic carbocycles. The fourth-order valence-electron chi connectivity index (χ4n) is 1.90. The number of hydrogen-bond acceptors (Lipinski definition) is 2. The first-order valence-electron chi connectivity index (χ1n) is 5.31. The Hall–Kier alpha value is -0.840. The molecular formula is C10H19N3OS. The molecule has 15 heavy (non-hydrogen) atoms. The molecule has 0 aliphatic rings. The summed E-state index contributed by atoms with van der Waals surface area (Å²) in [4.78, 5) is 11.4. The topological polar surface area (TPSA) is 53.6 Å². The minimum Gasteiger partial charge on any atom is -0.272 e. The molecule has 1 rings (SSSR count). The smallest absolute Gasteiger partial charge is 0.272 e. The average molecular weight is 229 g/mol. The highest BCUT2D eigenvalue weighted by Crippen LogP contribution is 2.21. The van der Waals surface area contributed by atoms with Crippen LogP contribution >= 0.6 is 12.2 Å². The first-order chi connectivity index (χ1) is 6.93. The second kappa shape index (κ2) is 4.79. The Bertz CT molecular complexity index is 377. The number of rotatable bonds is 4. The van der Waals surface area contributed by atoms with Gasteiger partial charge in [0, 0.05) is 6.54 Å². The summed E-state index contributed by atoms with van der Waals surface area (Å²) in [6, 6.07) is 0. The van der Waals surface area contributed by atoms with E-state index in [2.05, 4.69) is 37.9 Å². The van der Waals surface area contributed by atoms with Crippen LogP contribution in [0.15, 0.2) is 4.79 Å². The molecule has 1 aromatic heterocycles. The number of nitrogens with zero attached hydrogens (tertiary/aromatic N) is 1. The normalized spacial score (nSPS) is 11.9. The van der Waals surface area contributed by atoms with E-state index in [4.69, 9.17) is 12.2 Å². The Morgan fingerprint density at radius 1 is 1.20 bits per heavy atom. The maximum atomic E-state index is 11.4. The lowest BCUT2D eigenvalue weighted by molar-refractivity contribution is 0.248. The van der Waals surface area contributed by atoms with Crippen molar-refractivity contribution in [2.45, 2.75) is 34.2 Å². The van der Waals surface area contributed by atoms with Gasteiger partial charge in [-0.1, -0.05) is 27.7 Å². The molecule has 1 heterocycles. The van der Waals surface area contributed by atoms with E-state index in [0.717, 1.165) is 0 Å². The molecule has 0 saturated heterocycles. The van der Waals surface area contributed by atoms with Crippen molar-refractivity contribution in [1.29, 1.82) is 0 Å². The summed E-state index contributed by atoms with van der Waals surface area (Å²) in [5.41, 5.74) is -0.147. The third-order valence-electron chi connectivity index (χ3n) is 2.87. The van der Waals surface area contributed by atoms with Gasteiger partial charge in [0.15, 0.2) is 4.77 Å². The predicted octanol–water partition coefficient (Wildman–Crippen LogP) is 2.16. The zero-order chi connectivity index (χ0) is 11.6. The van der Waals surface area contributed by atoms with Gasteiger partial charge in [-0.15, -0.1) is 0 Å². The van der Waals surface area contributed by atoms with Crippen LogP contribution in [0.4, 0.5) is 0 Å². The van der Waals surface area contributed by atoms with E-state index in [1.807, 2.05) is 0 Å². The van der Waals surface area contributed by atoms with Gasteiger partial charge in [-0.05, 0) is 30.0 Å². The van der Waals surface area contributed by atoms with Crippen LogP contribution < -0.4 is 5.69 Å². The first-order valence-corrected chi connectivity index (χ1v) is 5.71. The van der Waals surface area contributed by atoms with Crippen LogP contribution in [-0.2, 0) is 6.54 Å². The summed E-state index contributed by atoms with van der Waals surface area (Å²) >= 11 is 5.04. The van der Waals surface area contributed by atoms with E-state index in [1.165, 1.54) is 0 Å². The molecule has 0 spiro atoms. The molecule has 0 aliphatic heterocycles. The monoisotopic (exact) mass is 229 g/mol. The third-order valence-corrected chi connectivity index (χ3v) is 3.20. The molecule has 0 fully saturated rings. The van der Waals surface area contributed by atoms with E-state index < -0.39 is 0 Å². The van der Waals surface area contributed by atoms with Crippen molar-refractivity contribution in [2.75, 3.05) is 0 Å². The molecule has 86 valence electrons. The third kappa shape index (κ3) is 2.81. The number of nitrogens with one attached hydrogen (secondary N) is 2. The predicted molar refractivity (Wildman–Crippen MR) is 63.4 cm³/mol. The van der Waals surface area contributed by atoms with E-state index >= 15 is 0 Å². The summed E-state index contributed by atoms with van der Waals surface area (Å²) in [5.74, 6) is 1.55. The summed E-state index contributed by atoms with van der Waals surface area (Å²) in [7, 11) is 0. The van der Waals surface area contributed by atoms with Crippen molar-refractivity contribution < 1.29 is 0 Å². The highest BCUT2D eigenvalue weighted by Gasteiger charge is 2.19. The Labute approximate surface area is 94.7 Å². The van der Waals surface area contributed by atoms with Crippen molar-refractivity contribution in [1.82, 2.24) is 14.8 Å². The van der Waals surface area contributed by atoms with Crippen molar-refractivity contribution in [3.63, 3.8) is 0 Å². The number of H-pyrrole nitrogens is 2. The van der Waals surface area contributed by atoms with Crippen LogP contribution in [0.5, 0.6) is 0 Å². The van der Waals surface area contributed by atoms with Gasteiger partial charge in [-0.25, -0.2) is 9.89 Å². The molecule has 0 bridgehead atoms. The molecule has 2 N–H and O–H groups in total. The highest BCUT2D eigenvalue weighted by atomic mass is 32.1. The van der Waals surface area contributed by atoms with Gasteiger partial charge < -0.3 is 0 Å². The SMILES string of the molecule is CC(C)C(Cn1c(=O)[nH][nH]c1=S)C(C)C. The van der Waals surface area contributed by atoms with Gasteiger partial charge in [0.2, 0.25) is 0 Å². The van der Waals surface area contributed by atoms with Crippen LogP contribution in [0.2, 0.25) is 0 Å². The minimum atomic E-state index is -0.147. The molecular weight excluding hydrogens is 210 g/mol. The second-order valence-corrected chi connectivity index (χ2v) is 5.01. The molecule has 0 amide bonds. The average Bonchev–Trinajstić information content (AvgIpc) is 2.42. The Morgan fingerprint density at radius 2 is 1.73 bits per heavy atom. The van der Waals surface area contributed by atoms with Gasteiger partial charge in [-0.2, -0.15) is 0 Å². The summed E-state index contributed by atoms with van der Waals surface area (Å²) in [6.45, 7) is 9.39. The second-order valence-electron chi connectivity index (χ2n) is 4.62. The number of hydrogen-bond donors (Lipinski definition) is 2. The first kappa shape index (κ1) is 12.2. The van der Waals surface area contributed by atoms with Crippen LogP contribution in [0, 0.1) is 22.5 Å². The maximum absolute atomic E-state index is 11.4. The number of aromatic nitrogens is 3. The fraction of sp³-hybridized carbons (Fsp3) is 0.800. The molecule has 5 heteroatoms. The zero-order valence-electron chi connectivity index (χ0n) is 9.70. The summed E-state index contributed by atoms with van der Waals surface area (Å²) in [6.07, 6.45) is 0. The zero-order valence-corrected chi connectivity index (χ0v) is 10.5. The number of aromatic amines is 2. The Morgan fingerprint density at radius 3 is 2.07 bits per heavy atom. The van der Waals surface area contributed by atoms with Crippen molar-refractivity contribution in [3.05, 3.63) is 15.3 Å². The Kier molecular flexibility index (Phi) is 3.90. The van der Waals surface area contributed by atoms with E-state index in [1.54, 1.807) is 4.57 Å². The molecule has 0 unspecified atom stereocenters. The lowest BCUT2D eigenvalue weighted by Gasteiger charge is -2.24. The van der Waals surface area contributed by atoms with E-state index in [-0.39, 0.29) is 5.69 Å². The standard InChI is InChI=1S/C10H19N3OS/c1-6(2)8(7(3)4)5-13-9(14)11-12-10(13)15/h6-8H,5H2,1-4H3,(H,11,14)(H,12,15). The van der Waals surface area contributed by atoms with Crippen molar-refractivity contribution >= 4 is 12.2 Å². The summed E-state index contributed by atoms with van der Waals surface area (Å²) in [5, 5.41) is 5.16. The fourth-order valence-corrected chi connectivity index (χ4v) is 2.11. The summed E-state index contributed by atoms with van der Waals surface area (Å²) < 4.78 is 2.08. The van der Waals surface area contributed by atoms with E-state index in [0.29, 0.717) is 29.1 Å². The van der Waals surface area contributed by atoms with Crippen molar-refractivity contribution in [3.8, 4) is 0 Å². The minimum absolute atomic E-state index is 0.147. The largest absolute Gasteiger partial charge is 0.342 e. The van der Waals surface area contributed by atoms with Crippen molar-refractivity contribution in [2.24, 2.45) is 17.8 Å². The van der Waals surface area contributed by atoms with Gasteiger partial charge in [0.25, 0.3) is 0 Å². The molecule has 0 saturated carbocycles. The molecule has 4 nitrogen and oxygen atoms in total. The highest BCUT2D eigenvalue weighted by molar-refractivity contribution is 7.71. The molecule has 0 atom stereocenters. The maximum Gasteiger partial charge on any atom is 0.342 e. The molecule has 0 radical (unpaired) electrons. The lowest BCUT2D eigenvalue weighted by atomic mass is 9.85. The van der Waals surface area contributed by atoms with Crippen LogP contribution in [0.25, 0.3) is 0 Å². The molecule has 0 aliphatic carbocycles. The van der Waals surface area contributed by atoms with Gasteiger partial charge in [-0.3, -0.25) is 9.67 Å². The van der Waals surface area contributed by atoms with Gasteiger partial charge >= 0.3 is 5.69 Å². The molecule has 1 aromatic rings. The van der Waals surface area contributed by atoms with Crippen LogP contribution in [0.1, 0.15) is 27.7 Å². The van der Waals surface area contributed by atoms with Crippen LogP contribution in [0.3, 0.4) is 0 Å². The van der Waals surface area contributed by atoms with Crippen LogP contribution in [-0.4, -0.2) is 14.8 Å². The Balaban J connectivity index is 2.93. The van der Waals surface area contributed by atoms with Gasteiger partial charge in [0.05, 0.1) is 0 Å². The van der Waals surface area contributed by atoms with E-state index in [9.17, 15) is 4.79 Å².